The number of hydrogen-bond acceptors (Lipinski definition) is 3. The van der Waals surface area contributed by atoms with Crippen LogP contribution in [0.3, 0.4) is 0 Å². The third-order valence-corrected chi connectivity index (χ3v) is 3.20. The second kappa shape index (κ2) is 4.77. The van der Waals surface area contributed by atoms with E-state index in [2.05, 4.69) is 10.4 Å². The molecule has 2 rings (SSSR count). The number of nitrogens with zero attached hydrogens (tertiary/aromatic N) is 2. The molecule has 0 amide bonds. The van der Waals surface area contributed by atoms with Crippen LogP contribution in [0.25, 0.3) is 0 Å². The molecule has 15 heavy (non-hydrogen) atoms. The van der Waals surface area contributed by atoms with Crippen molar-refractivity contribution in [2.45, 2.75) is 44.4 Å². The first kappa shape index (κ1) is 10.6. The van der Waals surface area contributed by atoms with Gasteiger partial charge in [-0.05, 0) is 18.9 Å². The first-order valence-electron chi connectivity index (χ1n) is 5.65. The molecule has 2 atom stereocenters. The lowest BCUT2D eigenvalue weighted by molar-refractivity contribution is 0.0899. The zero-order valence-electron chi connectivity index (χ0n) is 9.19. The van der Waals surface area contributed by atoms with Crippen molar-refractivity contribution in [1.82, 2.24) is 15.1 Å². The number of aromatic nitrogens is 2. The number of rotatable bonds is 3. The summed E-state index contributed by atoms with van der Waals surface area (Å²) in [5.41, 5.74) is 1.16. The topological polar surface area (TPSA) is 50.1 Å². The molecule has 0 spiro atoms. The van der Waals surface area contributed by atoms with Crippen LogP contribution in [0.2, 0.25) is 0 Å². The van der Waals surface area contributed by atoms with E-state index in [1.807, 2.05) is 17.8 Å². The molecule has 1 aliphatic carbocycles. The lowest BCUT2D eigenvalue weighted by atomic mass is 9.92. The summed E-state index contributed by atoms with van der Waals surface area (Å²) in [5, 5.41) is 17.3. The molecule has 4 nitrogen and oxygen atoms in total. The van der Waals surface area contributed by atoms with Gasteiger partial charge in [0, 0.05) is 25.8 Å². The molecule has 1 aromatic rings. The van der Waals surface area contributed by atoms with E-state index in [9.17, 15) is 5.11 Å². The van der Waals surface area contributed by atoms with Crippen LogP contribution in [0, 0.1) is 0 Å². The van der Waals surface area contributed by atoms with E-state index in [4.69, 9.17) is 0 Å². The maximum Gasteiger partial charge on any atom is 0.0693 e. The number of aliphatic hydroxyl groups is 1. The Labute approximate surface area is 90.3 Å². The summed E-state index contributed by atoms with van der Waals surface area (Å²) in [7, 11) is 1.94. The van der Waals surface area contributed by atoms with Crippen LogP contribution in [-0.4, -0.2) is 27.0 Å². The van der Waals surface area contributed by atoms with Gasteiger partial charge in [-0.2, -0.15) is 5.10 Å². The van der Waals surface area contributed by atoms with E-state index in [0.717, 1.165) is 31.5 Å². The van der Waals surface area contributed by atoms with Gasteiger partial charge in [-0.1, -0.05) is 12.8 Å². The summed E-state index contributed by atoms with van der Waals surface area (Å²) in [6.45, 7) is 0.790. The summed E-state index contributed by atoms with van der Waals surface area (Å²) < 4.78 is 1.86. The largest absolute Gasteiger partial charge is 0.392 e. The average molecular weight is 209 g/mol. The monoisotopic (exact) mass is 209 g/mol. The molecule has 1 saturated carbocycles. The summed E-state index contributed by atoms with van der Waals surface area (Å²) >= 11 is 0. The third kappa shape index (κ3) is 2.58. The Balaban J connectivity index is 1.84. The Morgan fingerprint density at radius 1 is 1.53 bits per heavy atom. The average Bonchev–Trinajstić information content (AvgIpc) is 2.63. The molecule has 1 fully saturated rings. The van der Waals surface area contributed by atoms with Crippen molar-refractivity contribution in [3.63, 3.8) is 0 Å². The summed E-state index contributed by atoms with van der Waals surface area (Å²) in [6, 6.07) is 2.26. The maximum atomic E-state index is 9.78. The van der Waals surface area contributed by atoms with Gasteiger partial charge in [0.25, 0.3) is 0 Å². The van der Waals surface area contributed by atoms with Crippen molar-refractivity contribution in [3.05, 3.63) is 18.0 Å². The van der Waals surface area contributed by atoms with Gasteiger partial charge < -0.3 is 10.4 Å². The molecule has 1 aliphatic rings. The first-order chi connectivity index (χ1) is 7.27. The molecule has 0 aliphatic heterocycles. The Kier molecular flexibility index (Phi) is 3.38. The second-order valence-corrected chi connectivity index (χ2v) is 4.29. The van der Waals surface area contributed by atoms with Gasteiger partial charge in [0.1, 0.15) is 0 Å². The van der Waals surface area contributed by atoms with Gasteiger partial charge in [0.05, 0.1) is 11.8 Å². The van der Waals surface area contributed by atoms with Gasteiger partial charge >= 0.3 is 0 Å². The molecule has 1 heterocycles. The molecule has 0 aromatic carbocycles. The van der Waals surface area contributed by atoms with E-state index in [0.29, 0.717) is 0 Å². The highest BCUT2D eigenvalue weighted by Crippen LogP contribution is 2.18. The fourth-order valence-corrected chi connectivity index (χ4v) is 2.16. The number of aryl methyl sites for hydroxylation is 1. The molecular weight excluding hydrogens is 190 g/mol. The third-order valence-electron chi connectivity index (χ3n) is 3.20. The minimum atomic E-state index is -0.174. The van der Waals surface area contributed by atoms with Crippen molar-refractivity contribution in [2.24, 2.45) is 7.05 Å². The minimum absolute atomic E-state index is 0.174. The van der Waals surface area contributed by atoms with Crippen LogP contribution < -0.4 is 5.32 Å². The summed E-state index contributed by atoms with van der Waals surface area (Å²) in [5.74, 6) is 0. The molecule has 84 valence electrons. The maximum absolute atomic E-state index is 9.78. The van der Waals surface area contributed by atoms with Crippen LogP contribution in [-0.2, 0) is 13.6 Å². The zero-order valence-corrected chi connectivity index (χ0v) is 9.19. The Morgan fingerprint density at radius 2 is 2.33 bits per heavy atom. The van der Waals surface area contributed by atoms with Gasteiger partial charge in [-0.25, -0.2) is 0 Å². The van der Waals surface area contributed by atoms with Crippen LogP contribution in [0.4, 0.5) is 0 Å². The quantitative estimate of drug-likeness (QED) is 0.774. The number of nitrogens with one attached hydrogen (secondary N) is 1. The first-order valence-corrected chi connectivity index (χ1v) is 5.65. The highest BCUT2D eigenvalue weighted by atomic mass is 16.3. The van der Waals surface area contributed by atoms with Crippen molar-refractivity contribution < 1.29 is 5.11 Å². The zero-order chi connectivity index (χ0) is 10.7. The number of hydrogen-bond donors (Lipinski definition) is 2. The van der Waals surface area contributed by atoms with Crippen molar-refractivity contribution in [3.8, 4) is 0 Å². The van der Waals surface area contributed by atoms with Crippen molar-refractivity contribution >= 4 is 0 Å². The van der Waals surface area contributed by atoms with E-state index in [-0.39, 0.29) is 12.1 Å². The Hall–Kier alpha value is -0.870. The smallest absolute Gasteiger partial charge is 0.0693 e. The molecule has 1 aromatic heterocycles. The number of aliphatic hydroxyl groups excluding tert-OH is 1. The minimum Gasteiger partial charge on any atom is -0.392 e. The van der Waals surface area contributed by atoms with E-state index >= 15 is 0 Å². The SMILES string of the molecule is Cn1nccc1CN[C@@H]1CCCC[C@@H]1O. The molecule has 2 N–H and O–H groups in total. The van der Waals surface area contributed by atoms with Crippen LogP contribution in [0.1, 0.15) is 31.4 Å². The van der Waals surface area contributed by atoms with Crippen molar-refractivity contribution in [2.75, 3.05) is 0 Å². The van der Waals surface area contributed by atoms with E-state index in [1.54, 1.807) is 6.20 Å². The highest BCUT2D eigenvalue weighted by Gasteiger charge is 2.22. The summed E-state index contributed by atoms with van der Waals surface area (Å²) in [4.78, 5) is 0. The lowest BCUT2D eigenvalue weighted by Gasteiger charge is -2.28. The lowest BCUT2D eigenvalue weighted by Crippen LogP contribution is -2.41. The predicted molar refractivity (Wildman–Crippen MR) is 58.3 cm³/mol. The van der Waals surface area contributed by atoms with Crippen LogP contribution in [0.15, 0.2) is 12.3 Å². The van der Waals surface area contributed by atoms with Gasteiger partial charge in [0.15, 0.2) is 0 Å². The highest BCUT2D eigenvalue weighted by molar-refractivity contribution is 5.00. The normalized spacial score (nSPS) is 26.8. The van der Waals surface area contributed by atoms with Crippen molar-refractivity contribution in [1.29, 1.82) is 0 Å². The molecule has 4 heteroatoms. The van der Waals surface area contributed by atoms with Gasteiger partial charge in [-0.3, -0.25) is 4.68 Å². The molecule has 0 unspecified atom stereocenters. The fourth-order valence-electron chi connectivity index (χ4n) is 2.16. The van der Waals surface area contributed by atoms with E-state index < -0.39 is 0 Å². The Morgan fingerprint density at radius 3 is 3.00 bits per heavy atom. The van der Waals surface area contributed by atoms with E-state index in [1.165, 1.54) is 6.42 Å². The molecule has 0 radical (unpaired) electrons. The van der Waals surface area contributed by atoms with Crippen LogP contribution in [0.5, 0.6) is 0 Å². The molecular formula is C11H19N3O. The van der Waals surface area contributed by atoms with Gasteiger partial charge in [-0.15, -0.1) is 0 Å². The summed E-state index contributed by atoms with van der Waals surface area (Å²) in [6.07, 6.45) is 6.02. The second-order valence-electron chi connectivity index (χ2n) is 4.29. The fraction of sp³-hybridized carbons (Fsp3) is 0.727. The molecule has 0 bridgehead atoms. The predicted octanol–water partition coefficient (Wildman–Crippen LogP) is 0.813. The molecule has 0 saturated heterocycles. The van der Waals surface area contributed by atoms with Crippen LogP contribution >= 0.6 is 0 Å². The standard InChI is InChI=1S/C11H19N3O/c1-14-9(6-7-13-14)8-12-10-4-2-3-5-11(10)15/h6-7,10-12,15H,2-5,8H2,1H3/t10-,11+/m1/s1. The Bertz CT molecular complexity index is 311. The van der Waals surface area contributed by atoms with Gasteiger partial charge in [0.2, 0.25) is 0 Å².